The number of esters is 1. The summed E-state index contributed by atoms with van der Waals surface area (Å²) in [4.78, 5) is 36.7. The van der Waals surface area contributed by atoms with Gasteiger partial charge in [0.05, 0.1) is 11.0 Å². The van der Waals surface area contributed by atoms with Gasteiger partial charge in [-0.3, -0.25) is 14.9 Å². The molecule has 26 heavy (non-hydrogen) atoms. The first-order valence-corrected chi connectivity index (χ1v) is 8.28. The Labute approximate surface area is 151 Å². The van der Waals surface area contributed by atoms with Crippen LogP contribution in [-0.4, -0.2) is 53.6 Å². The van der Waals surface area contributed by atoms with Crippen LogP contribution in [-0.2, 0) is 9.53 Å². The summed E-state index contributed by atoms with van der Waals surface area (Å²) in [7, 11) is 0. The van der Waals surface area contributed by atoms with Crippen LogP contribution < -0.4 is 9.47 Å². The number of hydrogen-bond acceptors (Lipinski definition) is 7. The largest absolute Gasteiger partial charge is 0.486 e. The predicted molar refractivity (Wildman–Crippen MR) is 91.5 cm³/mol. The van der Waals surface area contributed by atoms with Crippen LogP contribution in [0.1, 0.15) is 38.1 Å². The molecule has 1 heterocycles. The highest BCUT2D eigenvalue weighted by atomic mass is 16.6. The van der Waals surface area contributed by atoms with E-state index in [9.17, 15) is 19.7 Å². The number of nitro groups is 1. The zero-order valence-electron chi connectivity index (χ0n) is 15.2. The van der Waals surface area contributed by atoms with Crippen molar-refractivity contribution in [2.24, 2.45) is 0 Å². The lowest BCUT2D eigenvalue weighted by Crippen LogP contribution is -2.44. The van der Waals surface area contributed by atoms with E-state index in [1.165, 1.54) is 6.07 Å². The van der Waals surface area contributed by atoms with Crippen LogP contribution in [0.5, 0.6) is 11.5 Å². The van der Waals surface area contributed by atoms with Gasteiger partial charge < -0.3 is 19.1 Å². The van der Waals surface area contributed by atoms with Crippen LogP contribution in [0.15, 0.2) is 12.1 Å². The monoisotopic (exact) mass is 366 g/mol. The fourth-order valence-electron chi connectivity index (χ4n) is 2.84. The van der Waals surface area contributed by atoms with Crippen LogP contribution in [0.2, 0.25) is 0 Å². The summed E-state index contributed by atoms with van der Waals surface area (Å²) in [6.07, 6.45) is 0. The van der Waals surface area contributed by atoms with Crippen molar-refractivity contribution in [3.63, 3.8) is 0 Å². The van der Waals surface area contributed by atoms with Crippen molar-refractivity contribution in [1.29, 1.82) is 0 Å². The third kappa shape index (κ3) is 4.22. The molecular weight excluding hydrogens is 344 g/mol. The first-order valence-electron chi connectivity index (χ1n) is 8.28. The molecule has 1 aromatic rings. The standard InChI is InChI=1S/C17H22N2O7/c1-10(2)18(11(3)4)16(20)9-26-17(21)12-7-14-15(25-6-5-24-14)8-13(12)19(22)23/h7-8,10-11H,5-6,9H2,1-4H3. The minimum absolute atomic E-state index is 0.0650. The summed E-state index contributed by atoms with van der Waals surface area (Å²) in [5.74, 6) is -0.912. The zero-order valence-corrected chi connectivity index (χ0v) is 15.2. The van der Waals surface area contributed by atoms with Crippen molar-refractivity contribution in [3.05, 3.63) is 27.8 Å². The van der Waals surface area contributed by atoms with E-state index in [1.54, 1.807) is 4.90 Å². The normalized spacial score (nSPS) is 12.8. The first-order chi connectivity index (χ1) is 12.2. The van der Waals surface area contributed by atoms with E-state index in [-0.39, 0.29) is 48.3 Å². The minimum Gasteiger partial charge on any atom is -0.486 e. The van der Waals surface area contributed by atoms with Crippen LogP contribution in [0, 0.1) is 10.1 Å². The van der Waals surface area contributed by atoms with Gasteiger partial charge in [0, 0.05) is 18.2 Å². The Hall–Kier alpha value is -2.84. The zero-order chi connectivity index (χ0) is 19.4. The van der Waals surface area contributed by atoms with Crippen molar-refractivity contribution < 1.29 is 28.7 Å². The Morgan fingerprint density at radius 1 is 1.15 bits per heavy atom. The van der Waals surface area contributed by atoms with Gasteiger partial charge in [0.1, 0.15) is 18.8 Å². The van der Waals surface area contributed by atoms with Gasteiger partial charge >= 0.3 is 5.97 Å². The van der Waals surface area contributed by atoms with E-state index in [0.29, 0.717) is 0 Å². The Balaban J connectivity index is 2.19. The Bertz CT molecular complexity index is 707. The molecule has 1 amide bonds. The number of nitrogens with zero attached hydrogens (tertiary/aromatic N) is 2. The quantitative estimate of drug-likeness (QED) is 0.431. The lowest BCUT2D eigenvalue weighted by molar-refractivity contribution is -0.385. The minimum atomic E-state index is -0.963. The number of ether oxygens (including phenoxy) is 3. The molecule has 0 saturated carbocycles. The first kappa shape index (κ1) is 19.5. The maximum atomic E-state index is 12.3. The van der Waals surface area contributed by atoms with Gasteiger partial charge in [0.2, 0.25) is 0 Å². The molecule has 142 valence electrons. The molecule has 0 spiro atoms. The molecule has 0 aliphatic carbocycles. The molecule has 9 nitrogen and oxygen atoms in total. The maximum absolute atomic E-state index is 12.3. The summed E-state index contributed by atoms with van der Waals surface area (Å²) in [5.41, 5.74) is -0.746. The predicted octanol–water partition coefficient (Wildman–Crippen LogP) is 2.17. The van der Waals surface area contributed by atoms with Gasteiger partial charge in [-0.05, 0) is 27.7 Å². The molecule has 0 fully saturated rings. The van der Waals surface area contributed by atoms with Gasteiger partial charge in [-0.15, -0.1) is 0 Å². The van der Waals surface area contributed by atoms with Crippen molar-refractivity contribution in [2.75, 3.05) is 19.8 Å². The number of fused-ring (bicyclic) bond motifs is 1. The maximum Gasteiger partial charge on any atom is 0.345 e. The second-order valence-electron chi connectivity index (χ2n) is 6.33. The average Bonchev–Trinajstić information content (AvgIpc) is 2.57. The van der Waals surface area contributed by atoms with Gasteiger partial charge in [-0.1, -0.05) is 0 Å². The van der Waals surface area contributed by atoms with Crippen LogP contribution >= 0.6 is 0 Å². The SMILES string of the molecule is CC(C)N(C(=O)COC(=O)c1cc2c(cc1[N+](=O)[O-])OCCO2)C(C)C. The molecule has 1 aliphatic heterocycles. The molecule has 0 aromatic heterocycles. The van der Waals surface area contributed by atoms with Crippen LogP contribution in [0.4, 0.5) is 5.69 Å². The van der Waals surface area contributed by atoms with E-state index in [2.05, 4.69) is 0 Å². The highest BCUT2D eigenvalue weighted by Gasteiger charge is 2.28. The van der Waals surface area contributed by atoms with Crippen LogP contribution in [0.25, 0.3) is 0 Å². The highest BCUT2D eigenvalue weighted by Crippen LogP contribution is 2.36. The molecule has 9 heteroatoms. The second-order valence-corrected chi connectivity index (χ2v) is 6.33. The topological polar surface area (TPSA) is 108 Å². The fraction of sp³-hybridized carbons (Fsp3) is 0.529. The molecule has 2 rings (SSSR count). The molecule has 1 aromatic carbocycles. The van der Waals surface area contributed by atoms with Gasteiger partial charge in [0.25, 0.3) is 11.6 Å². The lowest BCUT2D eigenvalue weighted by Gasteiger charge is -2.30. The van der Waals surface area contributed by atoms with Crippen molar-refractivity contribution in [2.45, 2.75) is 39.8 Å². The summed E-state index contributed by atoms with van der Waals surface area (Å²) < 4.78 is 15.7. The molecule has 1 aliphatic rings. The van der Waals surface area contributed by atoms with Crippen LogP contribution in [0.3, 0.4) is 0 Å². The molecule has 0 N–H and O–H groups in total. The Morgan fingerprint density at radius 3 is 2.19 bits per heavy atom. The highest BCUT2D eigenvalue weighted by molar-refractivity contribution is 5.96. The third-order valence-electron chi connectivity index (χ3n) is 3.80. The van der Waals surface area contributed by atoms with E-state index >= 15 is 0 Å². The van der Waals surface area contributed by atoms with Crippen molar-refractivity contribution in [3.8, 4) is 11.5 Å². The van der Waals surface area contributed by atoms with E-state index in [1.807, 2.05) is 27.7 Å². The van der Waals surface area contributed by atoms with E-state index in [0.717, 1.165) is 6.07 Å². The number of nitro benzene ring substituents is 1. The molecular formula is C17H22N2O7. The van der Waals surface area contributed by atoms with Gasteiger partial charge in [-0.2, -0.15) is 0 Å². The second kappa shape index (κ2) is 8.03. The summed E-state index contributed by atoms with van der Waals surface area (Å²) in [6.45, 7) is 7.45. The number of rotatable bonds is 6. The molecule has 0 atom stereocenters. The summed E-state index contributed by atoms with van der Waals surface area (Å²) in [5, 5.41) is 11.3. The van der Waals surface area contributed by atoms with Gasteiger partial charge in [-0.25, -0.2) is 4.79 Å². The van der Waals surface area contributed by atoms with Crippen molar-refractivity contribution >= 4 is 17.6 Å². The Morgan fingerprint density at radius 2 is 1.69 bits per heavy atom. The molecule has 0 unspecified atom stereocenters. The average molecular weight is 366 g/mol. The molecule has 0 radical (unpaired) electrons. The number of benzene rings is 1. The van der Waals surface area contributed by atoms with Gasteiger partial charge in [0.15, 0.2) is 18.1 Å². The number of hydrogen-bond donors (Lipinski definition) is 0. The molecule has 0 bridgehead atoms. The number of amides is 1. The van der Waals surface area contributed by atoms with Crippen molar-refractivity contribution in [1.82, 2.24) is 4.90 Å². The molecule has 0 saturated heterocycles. The lowest BCUT2D eigenvalue weighted by atomic mass is 10.1. The summed E-state index contributed by atoms with van der Waals surface area (Å²) in [6, 6.07) is 2.21. The number of carbonyl (C=O) groups excluding carboxylic acids is 2. The van der Waals surface area contributed by atoms with E-state index in [4.69, 9.17) is 14.2 Å². The third-order valence-corrected chi connectivity index (χ3v) is 3.80. The summed E-state index contributed by atoms with van der Waals surface area (Å²) >= 11 is 0. The number of carbonyl (C=O) groups is 2. The Kier molecular flexibility index (Phi) is 6.01. The van der Waals surface area contributed by atoms with E-state index < -0.39 is 23.2 Å². The smallest absolute Gasteiger partial charge is 0.345 e. The fourth-order valence-corrected chi connectivity index (χ4v) is 2.84.